The van der Waals surface area contributed by atoms with Gasteiger partial charge in [0.25, 0.3) is 5.91 Å². The van der Waals surface area contributed by atoms with E-state index in [2.05, 4.69) is 21.2 Å². The first-order valence-electron chi connectivity index (χ1n) is 5.51. The molecule has 0 unspecified atom stereocenters. The average molecular weight is 313 g/mol. The van der Waals surface area contributed by atoms with Crippen LogP contribution in [-0.4, -0.2) is 23.5 Å². The van der Waals surface area contributed by atoms with Gasteiger partial charge in [-0.25, -0.2) is 0 Å². The fourth-order valence-corrected chi connectivity index (χ4v) is 2.08. The number of carbonyl (C=O) groups is 2. The standard InChI is InChI=1S/C12H13BrN2O3/c13-7-1-2-8(9(14)5-7)10(16)15-6-12(3-4-12)11(17)18/h1-2,5H,3-4,6,14H2,(H,15,16)(H,17,18). The third kappa shape index (κ3) is 2.48. The van der Waals surface area contributed by atoms with Crippen LogP contribution in [0, 0.1) is 5.41 Å². The number of nitrogen functional groups attached to an aromatic ring is 1. The van der Waals surface area contributed by atoms with Crippen LogP contribution in [0.5, 0.6) is 0 Å². The van der Waals surface area contributed by atoms with Crippen molar-refractivity contribution in [3.63, 3.8) is 0 Å². The normalized spacial score (nSPS) is 16.1. The van der Waals surface area contributed by atoms with E-state index in [1.165, 1.54) is 0 Å². The zero-order chi connectivity index (χ0) is 13.3. The highest BCUT2D eigenvalue weighted by Crippen LogP contribution is 2.45. The summed E-state index contributed by atoms with van der Waals surface area (Å²) in [7, 11) is 0. The van der Waals surface area contributed by atoms with Crippen molar-refractivity contribution in [2.24, 2.45) is 5.41 Å². The maximum atomic E-state index is 11.9. The van der Waals surface area contributed by atoms with Gasteiger partial charge < -0.3 is 16.2 Å². The number of nitrogens with two attached hydrogens (primary N) is 1. The van der Waals surface area contributed by atoms with Crippen LogP contribution in [0.25, 0.3) is 0 Å². The van der Waals surface area contributed by atoms with Gasteiger partial charge in [0, 0.05) is 16.7 Å². The van der Waals surface area contributed by atoms with Gasteiger partial charge in [-0.3, -0.25) is 9.59 Å². The second kappa shape index (κ2) is 4.61. The number of aliphatic carboxylic acids is 1. The fourth-order valence-electron chi connectivity index (χ4n) is 1.70. The van der Waals surface area contributed by atoms with Gasteiger partial charge in [-0.05, 0) is 31.0 Å². The van der Waals surface area contributed by atoms with Crippen molar-refractivity contribution in [2.75, 3.05) is 12.3 Å². The third-order valence-electron chi connectivity index (χ3n) is 3.15. The maximum absolute atomic E-state index is 11.9. The Hall–Kier alpha value is -1.56. The lowest BCUT2D eigenvalue weighted by molar-refractivity contribution is -0.143. The maximum Gasteiger partial charge on any atom is 0.311 e. The van der Waals surface area contributed by atoms with Crippen LogP contribution in [0.3, 0.4) is 0 Å². The number of halogens is 1. The predicted molar refractivity (Wildman–Crippen MR) is 70.2 cm³/mol. The van der Waals surface area contributed by atoms with Gasteiger partial charge in [-0.15, -0.1) is 0 Å². The molecule has 6 heteroatoms. The number of nitrogens with one attached hydrogen (secondary N) is 1. The zero-order valence-corrected chi connectivity index (χ0v) is 11.2. The lowest BCUT2D eigenvalue weighted by Gasteiger charge is -2.12. The van der Waals surface area contributed by atoms with Crippen LogP contribution in [-0.2, 0) is 4.79 Å². The first-order valence-corrected chi connectivity index (χ1v) is 6.30. The quantitative estimate of drug-likeness (QED) is 0.737. The fraction of sp³-hybridized carbons (Fsp3) is 0.333. The summed E-state index contributed by atoms with van der Waals surface area (Å²) in [6, 6.07) is 4.96. The molecule has 1 fully saturated rings. The van der Waals surface area contributed by atoms with Crippen molar-refractivity contribution >= 4 is 33.5 Å². The summed E-state index contributed by atoms with van der Waals surface area (Å²) in [5.41, 5.74) is 5.69. The zero-order valence-electron chi connectivity index (χ0n) is 9.57. The SMILES string of the molecule is Nc1cc(Br)ccc1C(=O)NCC1(C(=O)O)CC1. The van der Waals surface area contributed by atoms with Crippen molar-refractivity contribution in [2.45, 2.75) is 12.8 Å². The molecule has 5 nitrogen and oxygen atoms in total. The average Bonchev–Trinajstić information content (AvgIpc) is 3.07. The van der Waals surface area contributed by atoms with Gasteiger partial charge in [0.1, 0.15) is 0 Å². The van der Waals surface area contributed by atoms with Crippen molar-refractivity contribution < 1.29 is 14.7 Å². The second-order valence-corrected chi connectivity index (χ2v) is 5.42. The van der Waals surface area contributed by atoms with Crippen LogP contribution < -0.4 is 11.1 Å². The summed E-state index contributed by atoms with van der Waals surface area (Å²) in [5.74, 6) is -1.20. The van der Waals surface area contributed by atoms with Crippen LogP contribution in [0.2, 0.25) is 0 Å². The minimum Gasteiger partial charge on any atom is -0.481 e. The molecule has 96 valence electrons. The molecule has 1 amide bonds. The van der Waals surface area contributed by atoms with E-state index in [-0.39, 0.29) is 12.5 Å². The van der Waals surface area contributed by atoms with E-state index in [1.807, 2.05) is 0 Å². The molecule has 0 atom stereocenters. The Bertz CT molecular complexity index is 512. The Morgan fingerprint density at radius 1 is 1.44 bits per heavy atom. The molecule has 1 aliphatic rings. The highest BCUT2D eigenvalue weighted by atomic mass is 79.9. The number of carboxylic acid groups (broad SMARTS) is 1. The molecule has 0 spiro atoms. The largest absolute Gasteiger partial charge is 0.481 e. The summed E-state index contributed by atoms with van der Waals surface area (Å²) >= 11 is 3.26. The Labute approximate surface area is 112 Å². The van der Waals surface area contributed by atoms with Crippen LogP contribution in [0.1, 0.15) is 23.2 Å². The number of rotatable bonds is 4. The van der Waals surface area contributed by atoms with E-state index in [0.717, 1.165) is 4.47 Å². The van der Waals surface area contributed by atoms with E-state index >= 15 is 0 Å². The molecule has 0 radical (unpaired) electrons. The van der Waals surface area contributed by atoms with Crippen LogP contribution in [0.15, 0.2) is 22.7 Å². The number of benzene rings is 1. The van der Waals surface area contributed by atoms with E-state index < -0.39 is 11.4 Å². The number of amides is 1. The van der Waals surface area contributed by atoms with Gasteiger partial charge in [-0.1, -0.05) is 15.9 Å². The molecule has 1 aromatic rings. The van der Waals surface area contributed by atoms with E-state index in [4.69, 9.17) is 10.8 Å². The molecule has 0 bridgehead atoms. The van der Waals surface area contributed by atoms with E-state index in [9.17, 15) is 9.59 Å². The van der Waals surface area contributed by atoms with Gasteiger partial charge in [0.05, 0.1) is 11.0 Å². The highest BCUT2D eigenvalue weighted by Gasteiger charge is 2.50. The van der Waals surface area contributed by atoms with Gasteiger partial charge in [0.2, 0.25) is 0 Å². The van der Waals surface area contributed by atoms with Crippen molar-refractivity contribution in [1.29, 1.82) is 0 Å². The first kappa shape index (κ1) is 12.9. The molecule has 1 aliphatic carbocycles. The predicted octanol–water partition coefficient (Wildman–Crippen LogP) is 1.63. The molecule has 4 N–H and O–H groups in total. The Morgan fingerprint density at radius 2 is 2.11 bits per heavy atom. The van der Waals surface area contributed by atoms with E-state index in [0.29, 0.717) is 24.1 Å². The first-order chi connectivity index (χ1) is 8.44. The second-order valence-electron chi connectivity index (χ2n) is 4.50. The van der Waals surface area contributed by atoms with E-state index in [1.54, 1.807) is 18.2 Å². The minimum atomic E-state index is -0.855. The molecule has 1 aromatic carbocycles. The lowest BCUT2D eigenvalue weighted by atomic mass is 10.1. The Morgan fingerprint density at radius 3 is 2.61 bits per heavy atom. The summed E-state index contributed by atoms with van der Waals surface area (Å²) in [4.78, 5) is 22.8. The molecule has 2 rings (SSSR count). The molecule has 1 saturated carbocycles. The molecule has 0 aliphatic heterocycles. The smallest absolute Gasteiger partial charge is 0.311 e. The summed E-state index contributed by atoms with van der Waals surface area (Å²) in [6.45, 7) is 0.149. The van der Waals surface area contributed by atoms with Crippen LogP contribution in [0.4, 0.5) is 5.69 Å². The monoisotopic (exact) mass is 312 g/mol. The van der Waals surface area contributed by atoms with Crippen molar-refractivity contribution in [3.05, 3.63) is 28.2 Å². The number of hydrogen-bond acceptors (Lipinski definition) is 3. The Balaban J connectivity index is 2.02. The summed E-state index contributed by atoms with van der Waals surface area (Å²) in [5, 5.41) is 11.6. The van der Waals surface area contributed by atoms with Gasteiger partial charge >= 0.3 is 5.97 Å². The third-order valence-corrected chi connectivity index (χ3v) is 3.65. The Kier molecular flexibility index (Phi) is 3.30. The summed E-state index contributed by atoms with van der Waals surface area (Å²) in [6.07, 6.45) is 1.22. The molecular weight excluding hydrogens is 300 g/mol. The van der Waals surface area contributed by atoms with Crippen molar-refractivity contribution in [3.8, 4) is 0 Å². The molecule has 18 heavy (non-hydrogen) atoms. The van der Waals surface area contributed by atoms with Crippen LogP contribution >= 0.6 is 15.9 Å². The minimum absolute atomic E-state index is 0.149. The molecule has 0 heterocycles. The topological polar surface area (TPSA) is 92.4 Å². The number of anilines is 1. The van der Waals surface area contributed by atoms with Gasteiger partial charge in [0.15, 0.2) is 0 Å². The lowest BCUT2D eigenvalue weighted by Crippen LogP contribution is -2.34. The van der Waals surface area contributed by atoms with Crippen molar-refractivity contribution in [1.82, 2.24) is 5.32 Å². The molecule has 0 saturated heterocycles. The summed E-state index contributed by atoms with van der Waals surface area (Å²) < 4.78 is 0.792. The highest BCUT2D eigenvalue weighted by molar-refractivity contribution is 9.10. The molecule has 0 aromatic heterocycles. The molecular formula is C12H13BrN2O3. The van der Waals surface area contributed by atoms with Gasteiger partial charge in [-0.2, -0.15) is 0 Å². The number of carbonyl (C=O) groups excluding carboxylic acids is 1. The number of hydrogen-bond donors (Lipinski definition) is 3. The number of carboxylic acids is 1.